The molecule has 1 aromatic carbocycles. The number of aryl methyl sites for hydroxylation is 1. The Morgan fingerprint density at radius 3 is 2.47 bits per heavy atom. The van der Waals surface area contributed by atoms with E-state index in [9.17, 15) is 8.78 Å². The molecular formula is C12H13ClF2. The Morgan fingerprint density at radius 2 is 1.93 bits per heavy atom. The van der Waals surface area contributed by atoms with Crippen molar-refractivity contribution in [3.63, 3.8) is 0 Å². The highest BCUT2D eigenvalue weighted by Crippen LogP contribution is 2.50. The van der Waals surface area contributed by atoms with E-state index in [1.165, 1.54) is 12.1 Å². The summed E-state index contributed by atoms with van der Waals surface area (Å²) in [6.07, 6.45) is 1.00. The van der Waals surface area contributed by atoms with Crippen LogP contribution in [0.25, 0.3) is 0 Å². The molecule has 3 atom stereocenters. The SMILES string of the molecule is Cc1cc(F)c(C(Cl)C2CC2C)cc1F. The Hall–Kier alpha value is -0.630. The minimum Gasteiger partial charge on any atom is -0.207 e. The average Bonchev–Trinajstić information content (AvgIpc) is 2.88. The summed E-state index contributed by atoms with van der Waals surface area (Å²) in [6, 6.07) is 2.44. The normalized spacial score (nSPS) is 26.5. The van der Waals surface area contributed by atoms with Crippen LogP contribution in [0.15, 0.2) is 12.1 Å². The molecule has 1 aliphatic rings. The molecule has 1 aliphatic carbocycles. The van der Waals surface area contributed by atoms with Crippen molar-refractivity contribution in [1.29, 1.82) is 0 Å². The number of hydrogen-bond acceptors (Lipinski definition) is 0. The smallest absolute Gasteiger partial charge is 0.128 e. The molecule has 0 aromatic heterocycles. The van der Waals surface area contributed by atoms with E-state index >= 15 is 0 Å². The first-order chi connectivity index (χ1) is 7.00. The average molecular weight is 231 g/mol. The van der Waals surface area contributed by atoms with Crippen molar-refractivity contribution in [2.75, 3.05) is 0 Å². The first-order valence-electron chi connectivity index (χ1n) is 5.10. The van der Waals surface area contributed by atoms with Crippen LogP contribution < -0.4 is 0 Å². The number of halogens is 3. The lowest BCUT2D eigenvalue weighted by Crippen LogP contribution is -2.00. The van der Waals surface area contributed by atoms with Crippen LogP contribution >= 0.6 is 11.6 Å². The largest absolute Gasteiger partial charge is 0.207 e. The molecule has 0 saturated heterocycles. The van der Waals surface area contributed by atoms with Crippen LogP contribution in [-0.2, 0) is 0 Å². The van der Waals surface area contributed by atoms with E-state index in [-0.39, 0.29) is 5.82 Å². The van der Waals surface area contributed by atoms with Gasteiger partial charge in [0.15, 0.2) is 0 Å². The van der Waals surface area contributed by atoms with Crippen molar-refractivity contribution in [2.45, 2.75) is 25.6 Å². The molecule has 3 unspecified atom stereocenters. The molecule has 1 fully saturated rings. The molecule has 0 spiro atoms. The zero-order valence-corrected chi connectivity index (χ0v) is 9.48. The standard InChI is InChI=1S/C12H13ClF2/c1-6-3-8(6)12(13)9-5-10(14)7(2)4-11(9)15/h4-6,8,12H,3H2,1-2H3. The van der Waals surface area contributed by atoms with Crippen molar-refractivity contribution in [3.8, 4) is 0 Å². The minimum atomic E-state index is -0.395. The molecule has 2 rings (SSSR count). The third-order valence-corrected chi connectivity index (χ3v) is 3.68. The Kier molecular flexibility index (Phi) is 2.72. The second-order valence-electron chi connectivity index (χ2n) is 4.40. The molecule has 3 heteroatoms. The summed E-state index contributed by atoms with van der Waals surface area (Å²) >= 11 is 6.12. The monoisotopic (exact) mass is 230 g/mol. The molecule has 1 saturated carbocycles. The van der Waals surface area contributed by atoms with Gasteiger partial charge in [-0.25, -0.2) is 8.78 Å². The molecule has 0 bridgehead atoms. The molecule has 0 heterocycles. The summed E-state index contributed by atoms with van der Waals surface area (Å²) in [7, 11) is 0. The molecule has 0 aliphatic heterocycles. The molecule has 82 valence electrons. The molecule has 0 amide bonds. The third kappa shape index (κ3) is 2.00. The Bertz CT molecular complexity index is 389. The lowest BCUT2D eigenvalue weighted by Gasteiger charge is -2.11. The Balaban J connectivity index is 2.31. The van der Waals surface area contributed by atoms with E-state index in [0.29, 0.717) is 23.0 Å². The van der Waals surface area contributed by atoms with E-state index in [0.717, 1.165) is 6.42 Å². The van der Waals surface area contributed by atoms with Crippen LogP contribution in [0.1, 0.15) is 29.8 Å². The van der Waals surface area contributed by atoms with Crippen LogP contribution in [-0.4, -0.2) is 0 Å². The van der Waals surface area contributed by atoms with Gasteiger partial charge < -0.3 is 0 Å². The predicted octanol–water partition coefficient (Wildman–Crippen LogP) is 4.21. The highest BCUT2D eigenvalue weighted by molar-refractivity contribution is 6.21. The van der Waals surface area contributed by atoms with Gasteiger partial charge in [-0.2, -0.15) is 0 Å². The number of rotatable bonds is 2. The Morgan fingerprint density at radius 1 is 1.33 bits per heavy atom. The van der Waals surface area contributed by atoms with E-state index in [2.05, 4.69) is 6.92 Å². The van der Waals surface area contributed by atoms with Crippen molar-refractivity contribution < 1.29 is 8.78 Å². The lowest BCUT2D eigenvalue weighted by atomic mass is 10.0. The van der Waals surface area contributed by atoms with Crippen LogP contribution in [0, 0.1) is 30.4 Å². The summed E-state index contributed by atoms with van der Waals surface area (Å²) < 4.78 is 26.8. The van der Waals surface area contributed by atoms with Gasteiger partial charge in [0.25, 0.3) is 0 Å². The van der Waals surface area contributed by atoms with Gasteiger partial charge in [-0.1, -0.05) is 6.92 Å². The summed E-state index contributed by atoms with van der Waals surface area (Å²) in [5.41, 5.74) is 0.623. The van der Waals surface area contributed by atoms with Crippen molar-refractivity contribution in [1.82, 2.24) is 0 Å². The zero-order chi connectivity index (χ0) is 11.2. The van der Waals surface area contributed by atoms with Gasteiger partial charge in [0.2, 0.25) is 0 Å². The molecule has 15 heavy (non-hydrogen) atoms. The van der Waals surface area contributed by atoms with Crippen LogP contribution in [0.5, 0.6) is 0 Å². The van der Waals surface area contributed by atoms with Crippen molar-refractivity contribution >= 4 is 11.6 Å². The summed E-state index contributed by atoms with van der Waals surface area (Å²) in [5.74, 6) is 0.0397. The number of alkyl halides is 1. The summed E-state index contributed by atoms with van der Waals surface area (Å²) in [5, 5.41) is -0.393. The highest BCUT2D eigenvalue weighted by Gasteiger charge is 2.40. The first-order valence-corrected chi connectivity index (χ1v) is 5.54. The zero-order valence-electron chi connectivity index (χ0n) is 8.73. The molecule has 0 N–H and O–H groups in total. The first kappa shape index (κ1) is 10.9. The maximum absolute atomic E-state index is 13.5. The van der Waals surface area contributed by atoms with Crippen LogP contribution in [0.2, 0.25) is 0 Å². The fraction of sp³-hybridized carbons (Fsp3) is 0.500. The van der Waals surface area contributed by atoms with Crippen LogP contribution in [0.3, 0.4) is 0 Å². The van der Waals surface area contributed by atoms with E-state index in [1.54, 1.807) is 6.92 Å². The van der Waals surface area contributed by atoms with Crippen molar-refractivity contribution in [2.24, 2.45) is 11.8 Å². The number of benzene rings is 1. The fourth-order valence-electron chi connectivity index (χ4n) is 1.86. The maximum atomic E-state index is 13.5. The predicted molar refractivity (Wildman–Crippen MR) is 57.0 cm³/mol. The van der Waals surface area contributed by atoms with Gasteiger partial charge in [-0.3, -0.25) is 0 Å². The van der Waals surface area contributed by atoms with Gasteiger partial charge in [-0.05, 0) is 42.9 Å². The third-order valence-electron chi connectivity index (χ3n) is 3.12. The second kappa shape index (κ2) is 3.75. The minimum absolute atomic E-state index is 0.295. The molecule has 0 radical (unpaired) electrons. The van der Waals surface area contributed by atoms with E-state index in [1.807, 2.05) is 0 Å². The number of hydrogen-bond donors (Lipinski definition) is 0. The second-order valence-corrected chi connectivity index (χ2v) is 4.87. The highest BCUT2D eigenvalue weighted by atomic mass is 35.5. The van der Waals surface area contributed by atoms with E-state index in [4.69, 9.17) is 11.6 Å². The molecule has 1 aromatic rings. The molecular weight excluding hydrogens is 218 g/mol. The van der Waals surface area contributed by atoms with Gasteiger partial charge >= 0.3 is 0 Å². The van der Waals surface area contributed by atoms with Gasteiger partial charge in [0.05, 0.1) is 5.38 Å². The maximum Gasteiger partial charge on any atom is 0.128 e. The fourth-order valence-corrected chi connectivity index (χ4v) is 2.38. The summed E-state index contributed by atoms with van der Waals surface area (Å²) in [6.45, 7) is 3.62. The van der Waals surface area contributed by atoms with Crippen molar-refractivity contribution in [3.05, 3.63) is 34.9 Å². The van der Waals surface area contributed by atoms with Crippen LogP contribution in [0.4, 0.5) is 8.78 Å². The van der Waals surface area contributed by atoms with Gasteiger partial charge in [-0.15, -0.1) is 11.6 Å². The topological polar surface area (TPSA) is 0 Å². The summed E-state index contributed by atoms with van der Waals surface area (Å²) in [4.78, 5) is 0. The van der Waals surface area contributed by atoms with E-state index < -0.39 is 11.2 Å². The van der Waals surface area contributed by atoms with Gasteiger partial charge in [0.1, 0.15) is 11.6 Å². The van der Waals surface area contributed by atoms with Gasteiger partial charge in [0, 0.05) is 5.56 Å². The Labute approximate surface area is 93.2 Å². The lowest BCUT2D eigenvalue weighted by molar-refractivity contribution is 0.565. The quantitative estimate of drug-likeness (QED) is 0.668. The molecule has 0 nitrogen and oxygen atoms in total.